The van der Waals surface area contributed by atoms with Crippen LogP contribution in [0, 0.1) is 5.92 Å². The van der Waals surface area contributed by atoms with E-state index in [4.69, 9.17) is 4.42 Å². The van der Waals surface area contributed by atoms with E-state index in [0.717, 1.165) is 26.1 Å². The van der Waals surface area contributed by atoms with Crippen LogP contribution in [-0.4, -0.2) is 41.7 Å². The third kappa shape index (κ3) is 4.00. The Hall–Kier alpha value is -2.11. The smallest absolute Gasteiger partial charge is 0.254 e. The van der Waals surface area contributed by atoms with Crippen molar-refractivity contribution >= 4 is 5.91 Å². The van der Waals surface area contributed by atoms with Crippen molar-refractivity contribution in [2.75, 3.05) is 19.7 Å². The molecule has 23 heavy (non-hydrogen) atoms. The summed E-state index contributed by atoms with van der Waals surface area (Å²) in [5.74, 6) is -0.0540. The molecule has 0 radical (unpaired) electrons. The van der Waals surface area contributed by atoms with Gasteiger partial charge >= 0.3 is 0 Å². The van der Waals surface area contributed by atoms with E-state index in [9.17, 15) is 9.90 Å². The van der Waals surface area contributed by atoms with E-state index >= 15 is 0 Å². The number of nitrogens with one attached hydrogen (secondary N) is 1. The van der Waals surface area contributed by atoms with Crippen molar-refractivity contribution in [3.8, 4) is 0 Å². The maximum atomic E-state index is 12.2. The zero-order valence-corrected chi connectivity index (χ0v) is 13.0. The number of amides is 1. The number of aliphatic hydroxyl groups is 1. The summed E-state index contributed by atoms with van der Waals surface area (Å²) in [6.07, 6.45) is 3.80. The van der Waals surface area contributed by atoms with Gasteiger partial charge < -0.3 is 14.8 Å². The highest BCUT2D eigenvalue weighted by Crippen LogP contribution is 2.20. The molecule has 5 nitrogen and oxygen atoms in total. The fraction of sp³-hybridized carbons (Fsp3) is 0.389. The molecule has 3 rings (SSSR count). The number of carbonyl (C=O) groups excluding carboxylic acids is 1. The lowest BCUT2D eigenvalue weighted by Gasteiger charge is -2.38. The number of rotatable bonds is 5. The van der Waals surface area contributed by atoms with Crippen LogP contribution in [0.3, 0.4) is 0 Å². The van der Waals surface area contributed by atoms with E-state index < -0.39 is 0 Å². The van der Waals surface area contributed by atoms with Gasteiger partial charge in [-0.3, -0.25) is 9.69 Å². The second kappa shape index (κ2) is 7.44. The van der Waals surface area contributed by atoms with Gasteiger partial charge in [-0.2, -0.15) is 0 Å². The van der Waals surface area contributed by atoms with Gasteiger partial charge in [-0.25, -0.2) is 0 Å². The Kier molecular flexibility index (Phi) is 5.10. The number of aliphatic hydroxyl groups excluding tert-OH is 1. The molecule has 2 aromatic rings. The molecule has 1 amide bonds. The Bertz CT molecular complexity index is 612. The normalized spacial score (nSPS) is 22.0. The quantitative estimate of drug-likeness (QED) is 0.884. The van der Waals surface area contributed by atoms with Crippen molar-refractivity contribution in [2.45, 2.75) is 19.0 Å². The van der Waals surface area contributed by atoms with Crippen molar-refractivity contribution in [1.29, 1.82) is 0 Å². The SMILES string of the molecule is O=C(NC1CN(Cc2ccccc2)CCC1CO)c1ccoc1. The number of furan rings is 1. The summed E-state index contributed by atoms with van der Waals surface area (Å²) in [5.41, 5.74) is 1.77. The van der Waals surface area contributed by atoms with Gasteiger partial charge in [0.25, 0.3) is 5.91 Å². The third-order valence-electron chi connectivity index (χ3n) is 4.42. The molecule has 1 aliphatic rings. The van der Waals surface area contributed by atoms with Crippen molar-refractivity contribution in [2.24, 2.45) is 5.92 Å². The minimum atomic E-state index is -0.149. The standard InChI is InChI=1S/C18H22N2O3/c21-12-15-6-8-20(10-14-4-2-1-3-5-14)11-17(15)19-18(22)16-7-9-23-13-16/h1-5,7,9,13,15,17,21H,6,8,10-12H2,(H,19,22). The zero-order valence-electron chi connectivity index (χ0n) is 13.0. The molecule has 1 aromatic heterocycles. The van der Waals surface area contributed by atoms with Gasteiger partial charge in [-0.1, -0.05) is 30.3 Å². The molecule has 5 heteroatoms. The molecule has 1 aromatic carbocycles. The van der Waals surface area contributed by atoms with Crippen molar-refractivity contribution in [3.05, 3.63) is 60.1 Å². The average molecular weight is 314 g/mol. The minimum Gasteiger partial charge on any atom is -0.472 e. The van der Waals surface area contributed by atoms with E-state index in [2.05, 4.69) is 22.3 Å². The number of carbonyl (C=O) groups is 1. The predicted molar refractivity (Wildman–Crippen MR) is 86.9 cm³/mol. The average Bonchev–Trinajstić information content (AvgIpc) is 3.11. The molecule has 1 fully saturated rings. The maximum absolute atomic E-state index is 12.2. The van der Waals surface area contributed by atoms with Gasteiger partial charge in [0.2, 0.25) is 0 Å². The Balaban J connectivity index is 1.63. The first kappa shape index (κ1) is 15.8. The van der Waals surface area contributed by atoms with Crippen LogP contribution in [0.5, 0.6) is 0 Å². The maximum Gasteiger partial charge on any atom is 0.254 e. The molecular weight excluding hydrogens is 292 g/mol. The molecule has 2 heterocycles. The molecular formula is C18H22N2O3. The van der Waals surface area contributed by atoms with Crippen molar-refractivity contribution in [3.63, 3.8) is 0 Å². The highest BCUT2D eigenvalue weighted by atomic mass is 16.3. The van der Waals surface area contributed by atoms with Crippen LogP contribution in [0.4, 0.5) is 0 Å². The third-order valence-corrected chi connectivity index (χ3v) is 4.42. The monoisotopic (exact) mass is 314 g/mol. The molecule has 0 saturated carbocycles. The van der Waals surface area contributed by atoms with Crippen LogP contribution >= 0.6 is 0 Å². The number of hydrogen-bond acceptors (Lipinski definition) is 4. The number of likely N-dealkylation sites (tertiary alicyclic amines) is 1. The van der Waals surface area contributed by atoms with Crippen LogP contribution in [0.25, 0.3) is 0 Å². The lowest BCUT2D eigenvalue weighted by Crippen LogP contribution is -2.53. The lowest BCUT2D eigenvalue weighted by atomic mass is 9.91. The van der Waals surface area contributed by atoms with E-state index in [1.165, 1.54) is 18.1 Å². The van der Waals surface area contributed by atoms with Crippen molar-refractivity contribution < 1.29 is 14.3 Å². The molecule has 1 aliphatic heterocycles. The highest BCUT2D eigenvalue weighted by Gasteiger charge is 2.30. The molecule has 2 N–H and O–H groups in total. The summed E-state index contributed by atoms with van der Waals surface area (Å²) < 4.78 is 4.96. The molecule has 2 unspecified atom stereocenters. The van der Waals surface area contributed by atoms with Crippen LogP contribution in [0.2, 0.25) is 0 Å². The zero-order chi connectivity index (χ0) is 16.1. The number of hydrogen-bond donors (Lipinski definition) is 2. The van der Waals surface area contributed by atoms with Gasteiger partial charge in [0.1, 0.15) is 6.26 Å². The Morgan fingerprint density at radius 1 is 1.30 bits per heavy atom. The number of benzene rings is 1. The van der Waals surface area contributed by atoms with Gasteiger partial charge in [0.05, 0.1) is 11.8 Å². The minimum absolute atomic E-state index is 0.0557. The van der Waals surface area contributed by atoms with Gasteiger partial charge in [-0.15, -0.1) is 0 Å². The Labute approximate surface area is 135 Å². The van der Waals surface area contributed by atoms with Crippen LogP contribution in [0.1, 0.15) is 22.3 Å². The first-order chi connectivity index (χ1) is 11.3. The summed E-state index contributed by atoms with van der Waals surface area (Å²) in [4.78, 5) is 14.6. The van der Waals surface area contributed by atoms with Gasteiger partial charge in [0, 0.05) is 31.7 Å². The summed E-state index contributed by atoms with van der Waals surface area (Å²) in [7, 11) is 0. The number of piperidine rings is 1. The lowest BCUT2D eigenvalue weighted by molar-refractivity contribution is 0.0730. The van der Waals surface area contributed by atoms with E-state index in [1.807, 2.05) is 18.2 Å². The van der Waals surface area contributed by atoms with E-state index in [1.54, 1.807) is 6.07 Å². The van der Waals surface area contributed by atoms with E-state index in [-0.39, 0.29) is 24.5 Å². The molecule has 2 atom stereocenters. The molecule has 0 spiro atoms. The summed E-state index contributed by atoms with van der Waals surface area (Å²) >= 11 is 0. The predicted octanol–water partition coefficient (Wildman–Crippen LogP) is 1.89. The van der Waals surface area contributed by atoms with Crippen LogP contribution < -0.4 is 5.32 Å². The second-order valence-corrected chi connectivity index (χ2v) is 6.04. The topological polar surface area (TPSA) is 65.7 Å². The molecule has 0 aliphatic carbocycles. The second-order valence-electron chi connectivity index (χ2n) is 6.04. The van der Waals surface area contributed by atoms with Crippen molar-refractivity contribution in [1.82, 2.24) is 10.2 Å². The van der Waals surface area contributed by atoms with Crippen LogP contribution in [0.15, 0.2) is 53.3 Å². The van der Waals surface area contributed by atoms with Crippen LogP contribution in [-0.2, 0) is 6.54 Å². The Morgan fingerprint density at radius 3 is 2.83 bits per heavy atom. The highest BCUT2D eigenvalue weighted by molar-refractivity contribution is 5.94. The molecule has 0 bridgehead atoms. The molecule has 1 saturated heterocycles. The first-order valence-corrected chi connectivity index (χ1v) is 7.96. The fourth-order valence-corrected chi connectivity index (χ4v) is 3.08. The summed E-state index contributed by atoms with van der Waals surface area (Å²) in [5, 5.41) is 12.6. The van der Waals surface area contributed by atoms with Gasteiger partial charge in [-0.05, 0) is 24.6 Å². The summed E-state index contributed by atoms with van der Waals surface area (Å²) in [6, 6.07) is 11.9. The Morgan fingerprint density at radius 2 is 2.13 bits per heavy atom. The number of nitrogens with zero attached hydrogens (tertiary/aromatic N) is 1. The fourth-order valence-electron chi connectivity index (χ4n) is 3.08. The molecule has 122 valence electrons. The summed E-state index contributed by atoms with van der Waals surface area (Å²) in [6.45, 7) is 2.62. The largest absolute Gasteiger partial charge is 0.472 e. The van der Waals surface area contributed by atoms with E-state index in [0.29, 0.717) is 5.56 Å². The first-order valence-electron chi connectivity index (χ1n) is 7.96. The van der Waals surface area contributed by atoms with Gasteiger partial charge in [0.15, 0.2) is 0 Å².